The smallest absolute Gasteiger partial charge is 0.119 e. The van der Waals surface area contributed by atoms with Gasteiger partial charge in [0.2, 0.25) is 0 Å². The first-order valence-electron chi connectivity index (χ1n) is 7.69. The van der Waals surface area contributed by atoms with E-state index in [-0.39, 0.29) is 6.10 Å². The summed E-state index contributed by atoms with van der Waals surface area (Å²) in [4.78, 5) is 0. The van der Waals surface area contributed by atoms with Gasteiger partial charge in [0.05, 0.1) is 6.61 Å². The number of nitrogens with one attached hydrogen (secondary N) is 1. The Hall–Kier alpha value is -1.06. The minimum atomic E-state index is 0.177. The fraction of sp³-hybridized carbons (Fsp3) is 0.647. The third-order valence-electron chi connectivity index (χ3n) is 3.50. The summed E-state index contributed by atoms with van der Waals surface area (Å²) in [5.74, 6) is 0.940. The average molecular weight is 279 g/mol. The Morgan fingerprint density at radius 3 is 2.40 bits per heavy atom. The Labute approximate surface area is 123 Å². The zero-order valence-corrected chi connectivity index (χ0v) is 13.3. The van der Waals surface area contributed by atoms with Crippen molar-refractivity contribution in [3.63, 3.8) is 0 Å². The van der Waals surface area contributed by atoms with Gasteiger partial charge < -0.3 is 14.8 Å². The minimum absolute atomic E-state index is 0.177. The third kappa shape index (κ3) is 5.93. The van der Waals surface area contributed by atoms with Crippen molar-refractivity contribution in [3.8, 4) is 5.75 Å². The first kappa shape index (κ1) is 17.0. The summed E-state index contributed by atoms with van der Waals surface area (Å²) < 4.78 is 11.1. The normalized spacial score (nSPS) is 14.0. The molecule has 1 aromatic carbocycles. The van der Waals surface area contributed by atoms with Crippen molar-refractivity contribution in [1.82, 2.24) is 5.32 Å². The first-order valence-corrected chi connectivity index (χ1v) is 7.69. The Balaban J connectivity index is 2.49. The molecular weight excluding hydrogens is 250 g/mol. The molecule has 3 heteroatoms. The van der Waals surface area contributed by atoms with Gasteiger partial charge in [0, 0.05) is 13.2 Å². The van der Waals surface area contributed by atoms with Crippen LogP contribution in [-0.2, 0) is 11.2 Å². The van der Waals surface area contributed by atoms with Gasteiger partial charge >= 0.3 is 0 Å². The highest BCUT2D eigenvalue weighted by atomic mass is 16.5. The van der Waals surface area contributed by atoms with E-state index in [0.29, 0.717) is 6.04 Å². The Morgan fingerprint density at radius 2 is 1.85 bits per heavy atom. The van der Waals surface area contributed by atoms with Crippen LogP contribution in [0.3, 0.4) is 0 Å². The van der Waals surface area contributed by atoms with Crippen LogP contribution in [0.4, 0.5) is 0 Å². The molecule has 20 heavy (non-hydrogen) atoms. The van der Waals surface area contributed by atoms with E-state index in [1.54, 1.807) is 7.11 Å². The molecule has 0 amide bonds. The summed E-state index contributed by atoms with van der Waals surface area (Å²) in [6, 6.07) is 8.73. The van der Waals surface area contributed by atoms with E-state index in [4.69, 9.17) is 9.47 Å². The molecule has 0 radical (unpaired) electrons. The highest BCUT2D eigenvalue weighted by molar-refractivity contribution is 5.27. The molecule has 0 heterocycles. The van der Waals surface area contributed by atoms with E-state index >= 15 is 0 Å². The topological polar surface area (TPSA) is 30.5 Å². The Bertz CT molecular complexity index is 351. The second kappa shape index (κ2) is 9.78. The van der Waals surface area contributed by atoms with Gasteiger partial charge in [-0.2, -0.15) is 0 Å². The van der Waals surface area contributed by atoms with E-state index < -0.39 is 0 Å². The molecule has 0 aliphatic rings. The molecule has 0 aliphatic carbocycles. The second-order valence-electron chi connectivity index (χ2n) is 5.18. The molecule has 114 valence electrons. The number of hydrogen-bond donors (Lipinski definition) is 1. The highest BCUT2D eigenvalue weighted by Crippen LogP contribution is 2.16. The molecule has 0 aromatic heterocycles. The van der Waals surface area contributed by atoms with E-state index in [1.165, 1.54) is 5.56 Å². The fourth-order valence-electron chi connectivity index (χ4n) is 2.22. The van der Waals surface area contributed by atoms with Crippen molar-refractivity contribution in [2.45, 2.75) is 52.2 Å². The van der Waals surface area contributed by atoms with Crippen LogP contribution in [0.25, 0.3) is 0 Å². The summed E-state index contributed by atoms with van der Waals surface area (Å²) in [5.41, 5.74) is 1.28. The number of benzene rings is 1. The zero-order chi connectivity index (χ0) is 14.8. The van der Waals surface area contributed by atoms with E-state index in [0.717, 1.165) is 38.2 Å². The largest absolute Gasteiger partial charge is 0.489 e. The standard InChI is InChI=1S/C17H29NO2/c1-5-12-18-17(6-2)14(3)20-16-9-7-15(8-10-16)11-13-19-4/h7-10,14,17-18H,5-6,11-13H2,1-4H3. The van der Waals surface area contributed by atoms with Gasteiger partial charge in [-0.25, -0.2) is 0 Å². The van der Waals surface area contributed by atoms with Gasteiger partial charge in [-0.05, 0) is 50.4 Å². The molecule has 0 saturated heterocycles. The highest BCUT2D eigenvalue weighted by Gasteiger charge is 2.15. The van der Waals surface area contributed by atoms with Crippen molar-refractivity contribution in [2.24, 2.45) is 0 Å². The van der Waals surface area contributed by atoms with Crippen LogP contribution in [0.5, 0.6) is 5.75 Å². The maximum Gasteiger partial charge on any atom is 0.119 e. The lowest BCUT2D eigenvalue weighted by molar-refractivity contribution is 0.167. The van der Waals surface area contributed by atoms with E-state index in [1.807, 2.05) is 12.1 Å². The summed E-state index contributed by atoms with van der Waals surface area (Å²) in [5, 5.41) is 3.54. The monoisotopic (exact) mass is 279 g/mol. The Morgan fingerprint density at radius 1 is 1.15 bits per heavy atom. The second-order valence-corrected chi connectivity index (χ2v) is 5.18. The molecule has 1 N–H and O–H groups in total. The number of methoxy groups -OCH3 is 1. The van der Waals surface area contributed by atoms with Crippen LogP contribution in [0.15, 0.2) is 24.3 Å². The molecule has 1 rings (SSSR count). The van der Waals surface area contributed by atoms with Crippen LogP contribution < -0.4 is 10.1 Å². The zero-order valence-electron chi connectivity index (χ0n) is 13.3. The molecule has 0 fully saturated rings. The van der Waals surface area contributed by atoms with Gasteiger partial charge in [0.1, 0.15) is 11.9 Å². The quantitative estimate of drug-likeness (QED) is 0.712. The third-order valence-corrected chi connectivity index (χ3v) is 3.50. The summed E-state index contributed by atoms with van der Waals surface area (Å²) in [6.07, 6.45) is 3.35. The van der Waals surface area contributed by atoms with Crippen molar-refractivity contribution < 1.29 is 9.47 Å². The predicted molar refractivity (Wildman–Crippen MR) is 84.5 cm³/mol. The number of ether oxygens (including phenoxy) is 2. The van der Waals surface area contributed by atoms with Gasteiger partial charge in [0.15, 0.2) is 0 Å². The van der Waals surface area contributed by atoms with Crippen molar-refractivity contribution >= 4 is 0 Å². The molecular formula is C17H29NO2. The van der Waals surface area contributed by atoms with Gasteiger partial charge in [-0.15, -0.1) is 0 Å². The lowest BCUT2D eigenvalue weighted by Crippen LogP contribution is -2.41. The molecule has 2 atom stereocenters. The minimum Gasteiger partial charge on any atom is -0.489 e. The SMILES string of the molecule is CCCNC(CC)C(C)Oc1ccc(CCOC)cc1. The maximum atomic E-state index is 6.03. The predicted octanol–water partition coefficient (Wildman–Crippen LogP) is 3.42. The summed E-state index contributed by atoms with van der Waals surface area (Å²) in [7, 11) is 1.73. The fourth-order valence-corrected chi connectivity index (χ4v) is 2.22. The average Bonchev–Trinajstić information content (AvgIpc) is 2.47. The lowest BCUT2D eigenvalue weighted by Gasteiger charge is -2.25. The van der Waals surface area contributed by atoms with Crippen LogP contribution in [-0.4, -0.2) is 32.4 Å². The van der Waals surface area contributed by atoms with Gasteiger partial charge in [-0.1, -0.05) is 26.0 Å². The van der Waals surface area contributed by atoms with Crippen molar-refractivity contribution in [2.75, 3.05) is 20.3 Å². The van der Waals surface area contributed by atoms with Crippen LogP contribution in [0.1, 0.15) is 39.2 Å². The van der Waals surface area contributed by atoms with Crippen LogP contribution >= 0.6 is 0 Å². The van der Waals surface area contributed by atoms with Crippen molar-refractivity contribution in [1.29, 1.82) is 0 Å². The molecule has 0 spiro atoms. The van der Waals surface area contributed by atoms with Crippen LogP contribution in [0.2, 0.25) is 0 Å². The van der Waals surface area contributed by atoms with Gasteiger partial charge in [0.25, 0.3) is 0 Å². The maximum absolute atomic E-state index is 6.03. The Kier molecular flexibility index (Phi) is 8.31. The van der Waals surface area contributed by atoms with Crippen molar-refractivity contribution in [3.05, 3.63) is 29.8 Å². The summed E-state index contributed by atoms with van der Waals surface area (Å²) >= 11 is 0. The molecule has 1 aromatic rings. The van der Waals surface area contributed by atoms with Crippen LogP contribution in [0, 0.1) is 0 Å². The lowest BCUT2D eigenvalue weighted by atomic mass is 10.1. The molecule has 0 aliphatic heterocycles. The van der Waals surface area contributed by atoms with Gasteiger partial charge in [-0.3, -0.25) is 0 Å². The number of rotatable bonds is 10. The summed E-state index contributed by atoms with van der Waals surface area (Å²) in [6.45, 7) is 8.32. The van der Waals surface area contributed by atoms with E-state index in [2.05, 4.69) is 38.2 Å². The number of hydrogen-bond acceptors (Lipinski definition) is 3. The first-order chi connectivity index (χ1) is 9.71. The van der Waals surface area contributed by atoms with E-state index in [9.17, 15) is 0 Å². The molecule has 3 nitrogen and oxygen atoms in total. The molecule has 2 unspecified atom stereocenters. The molecule has 0 saturated carbocycles. The molecule has 0 bridgehead atoms.